The minimum Gasteiger partial charge on any atom is -0.481 e. The minimum atomic E-state index is 0. The minimum absolute atomic E-state index is 0. The number of nitrogens with zero attached hydrogens (tertiary/aromatic N) is 3. The van der Waals surface area contributed by atoms with Crippen molar-refractivity contribution >= 4 is 41.5 Å². The second-order valence-corrected chi connectivity index (χ2v) is 5.98. The standard InChI is InChI=1S/C19H23N5O2.HI/c1-20-19(22-12-14-7-6-10-21-18(14)26-2)23-15-11-17(25)24(13-15)16-8-4-3-5-9-16;/h3-10,15H,11-13H2,1-2H3,(H2,20,22,23);1H. The van der Waals surface area contributed by atoms with Crippen LogP contribution in [0.5, 0.6) is 5.88 Å². The average molecular weight is 481 g/mol. The maximum atomic E-state index is 12.3. The van der Waals surface area contributed by atoms with Gasteiger partial charge >= 0.3 is 0 Å². The number of halogens is 1. The summed E-state index contributed by atoms with van der Waals surface area (Å²) in [6, 6.07) is 13.5. The van der Waals surface area contributed by atoms with E-state index in [-0.39, 0.29) is 35.9 Å². The SMILES string of the molecule is CN=C(NCc1cccnc1OC)NC1CC(=O)N(c2ccccc2)C1.I. The molecule has 2 heterocycles. The molecule has 144 valence electrons. The molecule has 0 radical (unpaired) electrons. The van der Waals surface area contributed by atoms with Crippen molar-refractivity contribution in [2.45, 2.75) is 19.0 Å². The smallest absolute Gasteiger partial charge is 0.229 e. The molecule has 2 N–H and O–H groups in total. The Morgan fingerprint density at radius 3 is 2.78 bits per heavy atom. The molecule has 3 rings (SSSR count). The van der Waals surface area contributed by atoms with Crippen molar-refractivity contribution in [3.63, 3.8) is 0 Å². The van der Waals surface area contributed by atoms with Gasteiger partial charge in [0, 0.05) is 44.0 Å². The van der Waals surface area contributed by atoms with Crippen LogP contribution in [-0.4, -0.2) is 43.6 Å². The van der Waals surface area contributed by atoms with Crippen molar-refractivity contribution in [1.29, 1.82) is 0 Å². The van der Waals surface area contributed by atoms with E-state index in [0.717, 1.165) is 11.3 Å². The first-order valence-electron chi connectivity index (χ1n) is 8.51. The van der Waals surface area contributed by atoms with Gasteiger partial charge in [-0.3, -0.25) is 9.79 Å². The van der Waals surface area contributed by atoms with E-state index in [0.29, 0.717) is 31.3 Å². The number of methoxy groups -OCH3 is 1. The van der Waals surface area contributed by atoms with Gasteiger partial charge in [-0.15, -0.1) is 24.0 Å². The average Bonchev–Trinajstić information content (AvgIpc) is 3.06. The van der Waals surface area contributed by atoms with Crippen molar-refractivity contribution in [1.82, 2.24) is 15.6 Å². The zero-order valence-electron chi connectivity index (χ0n) is 15.4. The number of nitrogens with one attached hydrogen (secondary N) is 2. The number of pyridine rings is 1. The largest absolute Gasteiger partial charge is 0.481 e. The van der Waals surface area contributed by atoms with Crippen LogP contribution >= 0.6 is 24.0 Å². The fourth-order valence-electron chi connectivity index (χ4n) is 2.97. The number of aliphatic imine (C=N–C) groups is 1. The Kier molecular flexibility index (Phi) is 7.83. The van der Waals surface area contributed by atoms with Crippen molar-refractivity contribution in [2.24, 2.45) is 4.99 Å². The van der Waals surface area contributed by atoms with E-state index in [1.807, 2.05) is 42.5 Å². The Balaban J connectivity index is 0.00000261. The van der Waals surface area contributed by atoms with Gasteiger partial charge in [0.25, 0.3) is 0 Å². The van der Waals surface area contributed by atoms with E-state index in [9.17, 15) is 4.79 Å². The van der Waals surface area contributed by atoms with Crippen LogP contribution in [0.25, 0.3) is 0 Å². The molecule has 0 saturated carbocycles. The molecule has 0 aliphatic carbocycles. The molecule has 1 aliphatic rings. The number of hydrogen-bond donors (Lipinski definition) is 2. The number of rotatable bonds is 5. The highest BCUT2D eigenvalue weighted by atomic mass is 127. The monoisotopic (exact) mass is 481 g/mol. The predicted octanol–water partition coefficient (Wildman–Crippen LogP) is 2.18. The van der Waals surface area contributed by atoms with Gasteiger partial charge in [0.2, 0.25) is 11.8 Å². The fourth-order valence-corrected chi connectivity index (χ4v) is 2.97. The van der Waals surface area contributed by atoms with Gasteiger partial charge in [0.15, 0.2) is 5.96 Å². The summed E-state index contributed by atoms with van der Waals surface area (Å²) in [4.78, 5) is 22.6. The number of anilines is 1. The summed E-state index contributed by atoms with van der Waals surface area (Å²) in [6.07, 6.45) is 2.13. The molecule has 1 unspecified atom stereocenters. The molecular weight excluding hydrogens is 457 g/mol. The highest BCUT2D eigenvalue weighted by molar-refractivity contribution is 14.0. The zero-order chi connectivity index (χ0) is 18.4. The number of amides is 1. The number of ether oxygens (including phenoxy) is 1. The Bertz CT molecular complexity index is 785. The van der Waals surface area contributed by atoms with Gasteiger partial charge in [0.1, 0.15) is 0 Å². The lowest BCUT2D eigenvalue weighted by Crippen LogP contribution is -2.44. The molecule has 1 amide bonds. The molecular formula is C19H24IN5O2. The van der Waals surface area contributed by atoms with Crippen molar-refractivity contribution in [2.75, 3.05) is 25.6 Å². The number of para-hydroxylation sites is 1. The second kappa shape index (κ2) is 10.1. The highest BCUT2D eigenvalue weighted by Gasteiger charge is 2.31. The quantitative estimate of drug-likeness (QED) is 0.389. The lowest BCUT2D eigenvalue weighted by Gasteiger charge is -2.19. The molecule has 1 aliphatic heterocycles. The number of carbonyl (C=O) groups excluding carboxylic acids is 1. The van der Waals surface area contributed by atoms with E-state index < -0.39 is 0 Å². The summed E-state index contributed by atoms with van der Waals surface area (Å²) in [5, 5.41) is 6.56. The van der Waals surface area contributed by atoms with Crippen LogP contribution in [0.15, 0.2) is 53.7 Å². The van der Waals surface area contributed by atoms with Crippen LogP contribution in [0.2, 0.25) is 0 Å². The van der Waals surface area contributed by atoms with Crippen molar-refractivity contribution in [3.8, 4) is 5.88 Å². The van der Waals surface area contributed by atoms with Gasteiger partial charge in [-0.1, -0.05) is 24.3 Å². The van der Waals surface area contributed by atoms with E-state index >= 15 is 0 Å². The summed E-state index contributed by atoms with van der Waals surface area (Å²) >= 11 is 0. The van der Waals surface area contributed by atoms with Crippen molar-refractivity contribution in [3.05, 3.63) is 54.2 Å². The fraction of sp³-hybridized carbons (Fsp3) is 0.316. The number of guanidine groups is 1. The lowest BCUT2D eigenvalue weighted by molar-refractivity contribution is -0.117. The van der Waals surface area contributed by atoms with Crippen LogP contribution in [0.3, 0.4) is 0 Å². The molecule has 1 aromatic heterocycles. The molecule has 0 bridgehead atoms. The maximum absolute atomic E-state index is 12.3. The Morgan fingerprint density at radius 1 is 1.30 bits per heavy atom. The van der Waals surface area contributed by atoms with Gasteiger partial charge in [-0.2, -0.15) is 0 Å². The molecule has 7 nitrogen and oxygen atoms in total. The number of aromatic nitrogens is 1. The first-order chi connectivity index (χ1) is 12.7. The summed E-state index contributed by atoms with van der Waals surface area (Å²) < 4.78 is 5.26. The molecule has 1 saturated heterocycles. The third-order valence-corrected chi connectivity index (χ3v) is 4.25. The Morgan fingerprint density at radius 2 is 2.07 bits per heavy atom. The first-order valence-corrected chi connectivity index (χ1v) is 8.51. The molecule has 1 aromatic carbocycles. The van der Waals surface area contributed by atoms with Crippen LogP contribution in [0.4, 0.5) is 5.69 Å². The summed E-state index contributed by atoms with van der Waals surface area (Å²) in [7, 11) is 3.31. The van der Waals surface area contributed by atoms with Crippen LogP contribution in [0.1, 0.15) is 12.0 Å². The molecule has 0 spiro atoms. The molecule has 27 heavy (non-hydrogen) atoms. The van der Waals surface area contributed by atoms with Crippen molar-refractivity contribution < 1.29 is 9.53 Å². The van der Waals surface area contributed by atoms with Gasteiger partial charge in [0.05, 0.1) is 13.2 Å². The number of benzene rings is 1. The van der Waals surface area contributed by atoms with Gasteiger partial charge < -0.3 is 20.3 Å². The Hall–Kier alpha value is -2.36. The third kappa shape index (κ3) is 5.31. The highest BCUT2D eigenvalue weighted by Crippen LogP contribution is 2.21. The summed E-state index contributed by atoms with van der Waals surface area (Å²) in [6.45, 7) is 1.14. The number of carbonyl (C=O) groups is 1. The Labute approximate surface area is 176 Å². The third-order valence-electron chi connectivity index (χ3n) is 4.25. The predicted molar refractivity (Wildman–Crippen MR) is 117 cm³/mol. The zero-order valence-corrected chi connectivity index (χ0v) is 17.7. The summed E-state index contributed by atoms with van der Waals surface area (Å²) in [5.74, 6) is 1.34. The van der Waals surface area contributed by atoms with Gasteiger partial charge in [-0.05, 0) is 18.2 Å². The molecule has 2 aromatic rings. The maximum Gasteiger partial charge on any atom is 0.229 e. The van der Waals surface area contributed by atoms with Gasteiger partial charge in [-0.25, -0.2) is 4.98 Å². The van der Waals surface area contributed by atoms with Crippen LogP contribution in [-0.2, 0) is 11.3 Å². The van der Waals surface area contributed by atoms with Crippen LogP contribution < -0.4 is 20.3 Å². The lowest BCUT2D eigenvalue weighted by atomic mass is 10.2. The number of hydrogen-bond acceptors (Lipinski definition) is 4. The van der Waals surface area contributed by atoms with E-state index in [4.69, 9.17) is 4.74 Å². The molecule has 1 fully saturated rings. The van der Waals surface area contributed by atoms with Crippen LogP contribution in [0, 0.1) is 0 Å². The molecule has 1 atom stereocenters. The second-order valence-electron chi connectivity index (χ2n) is 5.98. The van der Waals surface area contributed by atoms with E-state index in [1.165, 1.54) is 0 Å². The topological polar surface area (TPSA) is 78.9 Å². The normalized spacial score (nSPS) is 16.7. The van der Waals surface area contributed by atoms with E-state index in [2.05, 4.69) is 20.6 Å². The summed E-state index contributed by atoms with van der Waals surface area (Å²) in [5.41, 5.74) is 1.86. The molecule has 8 heteroatoms. The van der Waals surface area contributed by atoms with E-state index in [1.54, 1.807) is 25.3 Å². The first kappa shape index (κ1) is 20.9.